The van der Waals surface area contributed by atoms with Gasteiger partial charge in [-0.1, -0.05) is 0 Å². The van der Waals surface area contributed by atoms with E-state index in [-0.39, 0.29) is 5.82 Å². The normalized spacial score (nSPS) is 12.6. The SMILES string of the molecule is CC(Nc1c(F)c(F)c(F)c(F)c1F)c1nncn1C. The molecule has 0 fully saturated rings. The van der Waals surface area contributed by atoms with Crippen LogP contribution in [-0.2, 0) is 7.05 Å². The molecule has 0 saturated heterocycles. The van der Waals surface area contributed by atoms with Gasteiger partial charge in [0.25, 0.3) is 0 Å². The Kier molecular flexibility index (Phi) is 3.60. The zero-order valence-electron chi connectivity index (χ0n) is 10.4. The molecule has 20 heavy (non-hydrogen) atoms. The molecule has 4 nitrogen and oxygen atoms in total. The van der Waals surface area contributed by atoms with Crippen LogP contribution in [0, 0.1) is 29.1 Å². The number of nitrogens with zero attached hydrogens (tertiary/aromatic N) is 3. The molecule has 1 unspecified atom stereocenters. The lowest BCUT2D eigenvalue weighted by atomic mass is 10.2. The molecule has 0 aliphatic rings. The van der Waals surface area contributed by atoms with Gasteiger partial charge in [0.1, 0.15) is 12.0 Å². The van der Waals surface area contributed by atoms with Crippen LogP contribution in [0.15, 0.2) is 6.33 Å². The topological polar surface area (TPSA) is 42.7 Å². The predicted molar refractivity (Wildman–Crippen MR) is 59.3 cm³/mol. The summed E-state index contributed by atoms with van der Waals surface area (Å²) in [6.45, 7) is 1.45. The van der Waals surface area contributed by atoms with Gasteiger partial charge in [0, 0.05) is 7.05 Å². The van der Waals surface area contributed by atoms with Crippen molar-refractivity contribution < 1.29 is 22.0 Å². The minimum absolute atomic E-state index is 0.272. The third kappa shape index (κ3) is 2.19. The van der Waals surface area contributed by atoms with Crippen LogP contribution in [0.1, 0.15) is 18.8 Å². The summed E-state index contributed by atoms with van der Waals surface area (Å²) in [5.74, 6) is -9.77. The molecule has 0 spiro atoms. The fourth-order valence-corrected chi connectivity index (χ4v) is 1.70. The van der Waals surface area contributed by atoms with E-state index in [1.807, 2.05) is 0 Å². The van der Waals surface area contributed by atoms with Gasteiger partial charge in [-0.25, -0.2) is 22.0 Å². The highest BCUT2D eigenvalue weighted by Crippen LogP contribution is 2.29. The summed E-state index contributed by atoms with van der Waals surface area (Å²) in [5, 5.41) is 9.44. The third-order valence-corrected chi connectivity index (χ3v) is 2.70. The van der Waals surface area contributed by atoms with Crippen molar-refractivity contribution in [2.75, 3.05) is 5.32 Å². The van der Waals surface area contributed by atoms with E-state index in [4.69, 9.17) is 0 Å². The van der Waals surface area contributed by atoms with Crippen molar-refractivity contribution in [3.05, 3.63) is 41.2 Å². The quantitative estimate of drug-likeness (QED) is 0.537. The number of aromatic nitrogens is 3. The standard InChI is InChI=1S/C11H9F5N4/c1-4(11-19-17-3-20(11)2)18-10-8(15)6(13)5(12)7(14)9(10)16/h3-4,18H,1-2H3. The number of nitrogens with one attached hydrogen (secondary N) is 1. The number of hydrogen-bond acceptors (Lipinski definition) is 3. The maximum Gasteiger partial charge on any atom is 0.200 e. The molecule has 1 aromatic heterocycles. The third-order valence-electron chi connectivity index (χ3n) is 2.70. The summed E-state index contributed by atoms with van der Waals surface area (Å²) < 4.78 is 67.4. The van der Waals surface area contributed by atoms with Crippen LogP contribution in [0.25, 0.3) is 0 Å². The Bertz CT molecular complexity index is 625. The van der Waals surface area contributed by atoms with Crippen LogP contribution < -0.4 is 5.32 Å². The minimum Gasteiger partial charge on any atom is -0.370 e. The number of anilines is 1. The van der Waals surface area contributed by atoms with Gasteiger partial charge in [-0.3, -0.25) is 0 Å². The molecular weight excluding hydrogens is 283 g/mol. The van der Waals surface area contributed by atoms with Crippen LogP contribution in [-0.4, -0.2) is 14.8 Å². The molecule has 0 amide bonds. The molecule has 1 aromatic carbocycles. The molecule has 0 saturated carbocycles. The molecular formula is C11H9F5N4. The monoisotopic (exact) mass is 292 g/mol. The number of halogens is 5. The first kappa shape index (κ1) is 14.2. The van der Waals surface area contributed by atoms with Gasteiger partial charge in [-0.05, 0) is 6.92 Å². The molecule has 0 radical (unpaired) electrons. The largest absolute Gasteiger partial charge is 0.370 e. The fourth-order valence-electron chi connectivity index (χ4n) is 1.70. The maximum absolute atomic E-state index is 13.5. The van der Waals surface area contributed by atoms with Crippen molar-refractivity contribution in [3.8, 4) is 0 Å². The molecule has 9 heteroatoms. The second kappa shape index (κ2) is 5.06. The van der Waals surface area contributed by atoms with Gasteiger partial charge in [0.2, 0.25) is 5.82 Å². The van der Waals surface area contributed by atoms with Gasteiger partial charge < -0.3 is 9.88 Å². The van der Waals surface area contributed by atoms with E-state index in [9.17, 15) is 22.0 Å². The maximum atomic E-state index is 13.5. The number of hydrogen-bond donors (Lipinski definition) is 1. The van der Waals surface area contributed by atoms with Crippen LogP contribution in [0.2, 0.25) is 0 Å². The van der Waals surface area contributed by atoms with Crippen molar-refractivity contribution in [1.29, 1.82) is 0 Å². The van der Waals surface area contributed by atoms with Crippen molar-refractivity contribution in [2.24, 2.45) is 7.05 Å². The molecule has 1 heterocycles. The molecule has 2 aromatic rings. The summed E-state index contributed by atoms with van der Waals surface area (Å²) in [6, 6.07) is -0.809. The Balaban J connectivity index is 2.42. The van der Waals surface area contributed by atoms with E-state index in [1.165, 1.54) is 17.8 Å². The fraction of sp³-hybridized carbons (Fsp3) is 0.273. The predicted octanol–water partition coefficient (Wildman–Crippen LogP) is 2.68. The van der Waals surface area contributed by atoms with Gasteiger partial charge in [0.15, 0.2) is 29.1 Å². The highest BCUT2D eigenvalue weighted by molar-refractivity contribution is 5.48. The minimum atomic E-state index is -2.20. The Morgan fingerprint density at radius 1 is 1.00 bits per heavy atom. The molecule has 1 N–H and O–H groups in total. The zero-order valence-corrected chi connectivity index (χ0v) is 10.4. The lowest BCUT2D eigenvalue weighted by Gasteiger charge is -2.16. The Hall–Kier alpha value is -2.19. The number of aryl methyl sites for hydroxylation is 1. The number of benzene rings is 1. The molecule has 108 valence electrons. The summed E-state index contributed by atoms with van der Waals surface area (Å²) in [5.41, 5.74) is -1.10. The first-order chi connectivity index (χ1) is 9.34. The highest BCUT2D eigenvalue weighted by atomic mass is 19.2. The Morgan fingerprint density at radius 2 is 1.50 bits per heavy atom. The van der Waals surface area contributed by atoms with Crippen LogP contribution in [0.3, 0.4) is 0 Å². The van der Waals surface area contributed by atoms with Gasteiger partial charge >= 0.3 is 0 Å². The summed E-state index contributed by atoms with van der Waals surface area (Å²) >= 11 is 0. The van der Waals surface area contributed by atoms with Crippen molar-refractivity contribution >= 4 is 5.69 Å². The van der Waals surface area contributed by atoms with E-state index in [0.717, 1.165) is 0 Å². The van der Waals surface area contributed by atoms with Crippen LogP contribution >= 0.6 is 0 Å². The Labute approximate surface area is 110 Å². The van der Waals surface area contributed by atoms with E-state index < -0.39 is 40.8 Å². The van der Waals surface area contributed by atoms with Gasteiger partial charge in [-0.2, -0.15) is 0 Å². The van der Waals surface area contributed by atoms with E-state index >= 15 is 0 Å². The summed E-state index contributed by atoms with van der Waals surface area (Å²) in [6.07, 6.45) is 1.34. The van der Waals surface area contributed by atoms with Crippen molar-refractivity contribution in [3.63, 3.8) is 0 Å². The molecule has 1 atom stereocenters. The first-order valence-corrected chi connectivity index (χ1v) is 5.46. The van der Waals surface area contributed by atoms with Crippen LogP contribution in [0.5, 0.6) is 0 Å². The van der Waals surface area contributed by atoms with Crippen LogP contribution in [0.4, 0.5) is 27.6 Å². The lowest BCUT2D eigenvalue weighted by Crippen LogP contribution is -2.16. The molecule has 0 bridgehead atoms. The van der Waals surface area contributed by atoms with Gasteiger partial charge in [0.05, 0.1) is 6.04 Å². The summed E-state index contributed by atoms with van der Waals surface area (Å²) in [7, 11) is 1.58. The van der Waals surface area contributed by atoms with Gasteiger partial charge in [-0.15, -0.1) is 10.2 Å². The van der Waals surface area contributed by atoms with E-state index in [0.29, 0.717) is 0 Å². The Morgan fingerprint density at radius 3 is 1.95 bits per heavy atom. The lowest BCUT2D eigenvalue weighted by molar-refractivity contribution is 0.380. The molecule has 0 aliphatic heterocycles. The average molecular weight is 292 g/mol. The smallest absolute Gasteiger partial charge is 0.200 e. The zero-order chi connectivity index (χ0) is 15.0. The van der Waals surface area contributed by atoms with Crippen molar-refractivity contribution in [1.82, 2.24) is 14.8 Å². The van der Waals surface area contributed by atoms with E-state index in [1.54, 1.807) is 7.05 Å². The second-order valence-corrected chi connectivity index (χ2v) is 4.11. The second-order valence-electron chi connectivity index (χ2n) is 4.11. The van der Waals surface area contributed by atoms with E-state index in [2.05, 4.69) is 15.5 Å². The first-order valence-electron chi connectivity index (χ1n) is 5.46. The number of rotatable bonds is 3. The molecule has 2 rings (SSSR count). The van der Waals surface area contributed by atoms with Crippen molar-refractivity contribution in [2.45, 2.75) is 13.0 Å². The highest BCUT2D eigenvalue weighted by Gasteiger charge is 2.27. The average Bonchev–Trinajstić information content (AvgIpc) is 2.85. The summed E-state index contributed by atoms with van der Waals surface area (Å²) in [4.78, 5) is 0. The molecule has 0 aliphatic carbocycles.